The molecule has 12 heavy (non-hydrogen) atoms. The highest BCUT2D eigenvalue weighted by Crippen LogP contribution is 2.28. The molecule has 0 N–H and O–H groups in total. The van der Waals surface area contributed by atoms with Crippen LogP contribution >= 0.6 is 11.3 Å². The van der Waals surface area contributed by atoms with E-state index in [1.54, 1.807) is 11.3 Å². The van der Waals surface area contributed by atoms with Gasteiger partial charge in [-0.15, -0.1) is 11.3 Å². The van der Waals surface area contributed by atoms with Crippen molar-refractivity contribution in [3.8, 4) is 0 Å². The molecule has 1 aromatic rings. The minimum absolute atomic E-state index is 0.208. The number of aromatic nitrogens is 1. The summed E-state index contributed by atoms with van der Waals surface area (Å²) in [6.07, 6.45) is 5.89. The van der Waals surface area contributed by atoms with Crippen LogP contribution in [0.3, 0.4) is 0 Å². The smallest absolute Gasteiger partial charge is 0.0906 e. The Balaban J connectivity index is 2.55. The van der Waals surface area contributed by atoms with Gasteiger partial charge in [-0.2, -0.15) is 0 Å². The summed E-state index contributed by atoms with van der Waals surface area (Å²) in [5, 5.41) is 1.12. The number of aryl methyl sites for hydroxylation is 1. The number of hydrogen-bond acceptors (Lipinski definition) is 3. The van der Waals surface area contributed by atoms with E-state index in [4.69, 9.17) is 0 Å². The van der Waals surface area contributed by atoms with Crippen molar-refractivity contribution in [2.24, 2.45) is 4.99 Å². The summed E-state index contributed by atoms with van der Waals surface area (Å²) in [6, 6.07) is 0.208. The first-order valence-electron chi connectivity index (χ1n) is 3.94. The van der Waals surface area contributed by atoms with E-state index in [1.807, 2.05) is 19.2 Å². The Bertz CT molecular complexity index is 349. The van der Waals surface area contributed by atoms with Crippen LogP contribution in [-0.4, -0.2) is 11.2 Å². The van der Waals surface area contributed by atoms with E-state index < -0.39 is 0 Å². The lowest BCUT2D eigenvalue weighted by atomic mass is 10.2. The third-order valence-electron chi connectivity index (χ3n) is 1.83. The quantitative estimate of drug-likeness (QED) is 0.599. The van der Waals surface area contributed by atoms with Crippen LogP contribution in [0.2, 0.25) is 0 Å². The molecule has 0 aliphatic carbocycles. The molecule has 0 saturated heterocycles. The Morgan fingerprint density at radius 1 is 1.50 bits per heavy atom. The molecule has 0 radical (unpaired) electrons. The number of aliphatic imine (C=N–C) groups is 1. The molecule has 3 heteroatoms. The van der Waals surface area contributed by atoms with Gasteiger partial charge in [0, 0.05) is 6.21 Å². The van der Waals surface area contributed by atoms with Crippen molar-refractivity contribution in [2.75, 3.05) is 0 Å². The molecule has 0 amide bonds. The third-order valence-corrected chi connectivity index (χ3v) is 2.78. The van der Waals surface area contributed by atoms with Crippen LogP contribution in [0.25, 0.3) is 6.08 Å². The molecule has 1 aliphatic rings. The minimum atomic E-state index is 0.208. The molecule has 0 bridgehead atoms. The molecule has 2 heterocycles. The van der Waals surface area contributed by atoms with Gasteiger partial charge in [0.15, 0.2) is 0 Å². The van der Waals surface area contributed by atoms with E-state index in [9.17, 15) is 0 Å². The molecule has 1 aromatic heterocycles. The molecule has 2 rings (SSSR count). The second kappa shape index (κ2) is 2.83. The highest BCUT2D eigenvalue weighted by molar-refractivity contribution is 7.12. The van der Waals surface area contributed by atoms with Crippen molar-refractivity contribution in [1.29, 1.82) is 0 Å². The fraction of sp³-hybridized carbons (Fsp3) is 0.333. The Kier molecular flexibility index (Phi) is 1.81. The molecule has 0 aromatic carbocycles. The number of hydrogen-bond donors (Lipinski definition) is 0. The van der Waals surface area contributed by atoms with Gasteiger partial charge in [-0.05, 0) is 26.0 Å². The fourth-order valence-corrected chi connectivity index (χ4v) is 2.19. The molecular weight excluding hydrogens is 168 g/mol. The number of thiazole rings is 1. The van der Waals surface area contributed by atoms with Crippen LogP contribution in [-0.2, 0) is 0 Å². The van der Waals surface area contributed by atoms with Crippen LogP contribution in [0, 0.1) is 6.92 Å². The van der Waals surface area contributed by atoms with Crippen LogP contribution in [0.15, 0.2) is 11.1 Å². The molecule has 1 unspecified atom stereocenters. The van der Waals surface area contributed by atoms with Gasteiger partial charge in [-0.25, -0.2) is 4.98 Å². The SMILES string of the molecule is Cc1nc2c(s1)C=CC=NC2C. The van der Waals surface area contributed by atoms with Gasteiger partial charge >= 0.3 is 0 Å². The second-order valence-corrected chi connectivity index (χ2v) is 4.05. The van der Waals surface area contributed by atoms with Gasteiger partial charge < -0.3 is 0 Å². The van der Waals surface area contributed by atoms with E-state index in [2.05, 4.69) is 23.0 Å². The van der Waals surface area contributed by atoms with Gasteiger partial charge in [-0.1, -0.05) is 0 Å². The first-order chi connectivity index (χ1) is 5.77. The summed E-state index contributed by atoms with van der Waals surface area (Å²) in [5.74, 6) is 0. The lowest BCUT2D eigenvalue weighted by Gasteiger charge is -2.00. The zero-order chi connectivity index (χ0) is 8.55. The number of rotatable bonds is 0. The second-order valence-electron chi connectivity index (χ2n) is 2.82. The van der Waals surface area contributed by atoms with Gasteiger partial charge in [0.25, 0.3) is 0 Å². The largest absolute Gasteiger partial charge is 0.284 e. The van der Waals surface area contributed by atoms with Gasteiger partial charge in [0.1, 0.15) is 0 Å². The van der Waals surface area contributed by atoms with Crippen molar-refractivity contribution in [3.63, 3.8) is 0 Å². The maximum atomic E-state index is 4.45. The van der Waals surface area contributed by atoms with Gasteiger partial charge in [0.2, 0.25) is 0 Å². The molecule has 0 fully saturated rings. The monoisotopic (exact) mass is 178 g/mol. The van der Waals surface area contributed by atoms with Crippen molar-refractivity contribution >= 4 is 23.6 Å². The summed E-state index contributed by atoms with van der Waals surface area (Å²) in [5.41, 5.74) is 1.11. The summed E-state index contributed by atoms with van der Waals surface area (Å²) in [4.78, 5) is 10.0. The Labute approximate surface area is 75.7 Å². The summed E-state index contributed by atoms with van der Waals surface area (Å²) in [7, 11) is 0. The lowest BCUT2D eigenvalue weighted by Crippen LogP contribution is -1.90. The highest BCUT2D eigenvalue weighted by Gasteiger charge is 2.13. The van der Waals surface area contributed by atoms with Crippen LogP contribution in [0.1, 0.15) is 28.5 Å². The van der Waals surface area contributed by atoms with Gasteiger partial charge in [0.05, 0.1) is 21.6 Å². The van der Waals surface area contributed by atoms with Crippen LogP contribution in [0.5, 0.6) is 0 Å². The van der Waals surface area contributed by atoms with Gasteiger partial charge in [-0.3, -0.25) is 4.99 Å². The molecular formula is C9H10N2S. The summed E-state index contributed by atoms with van der Waals surface area (Å²) >= 11 is 1.73. The van der Waals surface area contributed by atoms with Crippen LogP contribution < -0.4 is 0 Å². The van der Waals surface area contributed by atoms with Crippen LogP contribution in [0.4, 0.5) is 0 Å². The Morgan fingerprint density at radius 3 is 3.17 bits per heavy atom. The fourth-order valence-electron chi connectivity index (χ4n) is 1.26. The zero-order valence-corrected chi connectivity index (χ0v) is 7.93. The minimum Gasteiger partial charge on any atom is -0.284 e. The normalized spacial score (nSPS) is 20.7. The van der Waals surface area contributed by atoms with E-state index in [-0.39, 0.29) is 6.04 Å². The van der Waals surface area contributed by atoms with Crippen molar-refractivity contribution < 1.29 is 0 Å². The first kappa shape index (κ1) is 7.68. The van der Waals surface area contributed by atoms with E-state index in [0.29, 0.717) is 0 Å². The Hall–Kier alpha value is -0.960. The third kappa shape index (κ3) is 1.20. The molecule has 0 saturated carbocycles. The molecule has 2 nitrogen and oxygen atoms in total. The van der Waals surface area contributed by atoms with Crippen molar-refractivity contribution in [2.45, 2.75) is 19.9 Å². The van der Waals surface area contributed by atoms with E-state index in [0.717, 1.165) is 10.7 Å². The first-order valence-corrected chi connectivity index (χ1v) is 4.76. The number of allylic oxidation sites excluding steroid dienone is 1. The topological polar surface area (TPSA) is 25.2 Å². The predicted molar refractivity (Wildman–Crippen MR) is 52.8 cm³/mol. The highest BCUT2D eigenvalue weighted by atomic mass is 32.1. The molecule has 1 atom stereocenters. The molecule has 62 valence electrons. The summed E-state index contributed by atoms with van der Waals surface area (Å²) < 4.78 is 0. The predicted octanol–water partition coefficient (Wildman–Crippen LogP) is 2.61. The van der Waals surface area contributed by atoms with Crippen molar-refractivity contribution in [3.05, 3.63) is 21.7 Å². The maximum absolute atomic E-state index is 4.45. The maximum Gasteiger partial charge on any atom is 0.0906 e. The summed E-state index contributed by atoms with van der Waals surface area (Å²) in [6.45, 7) is 4.10. The number of fused-ring (bicyclic) bond motifs is 1. The standard InChI is InChI=1S/C9H10N2S/c1-6-9-8(4-3-5-10-6)12-7(2)11-9/h3-6H,1-2H3. The average Bonchev–Trinajstić information content (AvgIpc) is 2.33. The van der Waals surface area contributed by atoms with Crippen molar-refractivity contribution in [1.82, 2.24) is 4.98 Å². The lowest BCUT2D eigenvalue weighted by molar-refractivity contribution is 0.793. The number of nitrogens with zero attached hydrogens (tertiary/aromatic N) is 2. The van der Waals surface area contributed by atoms with E-state index >= 15 is 0 Å². The zero-order valence-electron chi connectivity index (χ0n) is 7.11. The van der Waals surface area contributed by atoms with E-state index in [1.165, 1.54) is 4.88 Å². The molecule has 1 aliphatic heterocycles. The average molecular weight is 178 g/mol. The molecule has 0 spiro atoms. The Morgan fingerprint density at radius 2 is 2.33 bits per heavy atom.